The molecular formula is C21H22N4O4S2. The number of rotatable bonds is 6. The van der Waals surface area contributed by atoms with E-state index < -0.39 is 10.0 Å². The second-order valence-corrected chi connectivity index (χ2v) is 10.1. The number of para-hydroxylation sites is 1. The van der Waals surface area contributed by atoms with Crippen molar-refractivity contribution in [3.8, 4) is 0 Å². The molecule has 1 fully saturated rings. The summed E-state index contributed by atoms with van der Waals surface area (Å²) in [6.45, 7) is 1.04. The van der Waals surface area contributed by atoms with Crippen LogP contribution < -0.4 is 10.9 Å². The van der Waals surface area contributed by atoms with E-state index in [1.54, 1.807) is 43.4 Å². The molecule has 2 aromatic carbocycles. The normalized spacial score (nSPS) is 14.7. The fourth-order valence-electron chi connectivity index (χ4n) is 3.47. The van der Waals surface area contributed by atoms with E-state index in [1.807, 2.05) is 0 Å². The number of amides is 1. The number of aromatic nitrogens is 2. The number of anilines is 1. The zero-order chi connectivity index (χ0) is 22.0. The molecule has 0 unspecified atom stereocenters. The molecule has 0 radical (unpaired) electrons. The standard InChI is InChI=1S/C21H22N4O4S2/c1-24-20(27)17-9-2-3-10-18(17)23-21(24)30-14-19(26)22-15-7-6-8-16(13-15)31(28,29)25-11-4-5-12-25/h2-3,6-10,13H,4-5,11-12,14H2,1H3,(H,22,26). The molecule has 1 amide bonds. The smallest absolute Gasteiger partial charge is 0.261 e. The number of fused-ring (bicyclic) bond motifs is 1. The second-order valence-electron chi connectivity index (χ2n) is 7.25. The third-order valence-electron chi connectivity index (χ3n) is 5.10. The Labute approximate surface area is 184 Å². The molecule has 1 aliphatic heterocycles. The van der Waals surface area contributed by atoms with E-state index in [1.165, 1.54) is 21.0 Å². The zero-order valence-electron chi connectivity index (χ0n) is 16.9. The molecule has 10 heteroatoms. The van der Waals surface area contributed by atoms with E-state index in [-0.39, 0.29) is 22.1 Å². The third kappa shape index (κ3) is 4.51. The highest BCUT2D eigenvalue weighted by Crippen LogP contribution is 2.23. The summed E-state index contributed by atoms with van der Waals surface area (Å²) in [5.74, 6) is -0.287. The van der Waals surface area contributed by atoms with Gasteiger partial charge in [0.15, 0.2) is 5.16 Å². The summed E-state index contributed by atoms with van der Waals surface area (Å²) in [4.78, 5) is 29.6. The lowest BCUT2D eigenvalue weighted by Crippen LogP contribution is -2.28. The highest BCUT2D eigenvalue weighted by Gasteiger charge is 2.27. The van der Waals surface area contributed by atoms with Crippen molar-refractivity contribution in [1.82, 2.24) is 13.9 Å². The van der Waals surface area contributed by atoms with Crippen molar-refractivity contribution in [2.45, 2.75) is 22.9 Å². The Balaban J connectivity index is 1.46. The Hall–Kier alpha value is -2.69. The number of hydrogen-bond acceptors (Lipinski definition) is 6. The van der Waals surface area contributed by atoms with Gasteiger partial charge in [0.1, 0.15) is 0 Å². The molecule has 1 saturated heterocycles. The first kappa shape index (κ1) is 21.5. The molecule has 4 rings (SSSR count). The summed E-state index contributed by atoms with van der Waals surface area (Å²) in [5.41, 5.74) is 0.813. The summed E-state index contributed by atoms with van der Waals surface area (Å²) in [7, 11) is -1.93. The summed E-state index contributed by atoms with van der Waals surface area (Å²) in [5, 5.41) is 3.69. The number of carbonyl (C=O) groups is 1. The van der Waals surface area contributed by atoms with Crippen LogP contribution in [0.15, 0.2) is 63.4 Å². The predicted octanol–water partition coefficient (Wildman–Crippen LogP) is 2.45. The molecule has 0 spiro atoms. The molecular weight excluding hydrogens is 436 g/mol. The number of sulfonamides is 1. The summed E-state index contributed by atoms with van der Waals surface area (Å²) in [6, 6.07) is 13.3. The maximum Gasteiger partial charge on any atom is 0.261 e. The number of hydrogen-bond donors (Lipinski definition) is 1. The first-order valence-electron chi connectivity index (χ1n) is 9.85. The first-order chi connectivity index (χ1) is 14.9. The van der Waals surface area contributed by atoms with Crippen LogP contribution in [0.4, 0.5) is 5.69 Å². The van der Waals surface area contributed by atoms with Crippen LogP contribution in [0.3, 0.4) is 0 Å². The highest BCUT2D eigenvalue weighted by atomic mass is 32.2. The first-order valence-corrected chi connectivity index (χ1v) is 12.3. The van der Waals surface area contributed by atoms with Gasteiger partial charge in [-0.25, -0.2) is 13.4 Å². The molecule has 1 aromatic heterocycles. The van der Waals surface area contributed by atoms with Gasteiger partial charge >= 0.3 is 0 Å². The molecule has 31 heavy (non-hydrogen) atoms. The summed E-state index contributed by atoms with van der Waals surface area (Å²) >= 11 is 1.15. The van der Waals surface area contributed by atoms with E-state index in [2.05, 4.69) is 10.3 Å². The van der Waals surface area contributed by atoms with Gasteiger partial charge in [-0.15, -0.1) is 0 Å². The van der Waals surface area contributed by atoms with Crippen molar-refractivity contribution >= 4 is 44.3 Å². The number of nitrogens with zero attached hydrogens (tertiary/aromatic N) is 3. The SMILES string of the molecule is Cn1c(SCC(=O)Nc2cccc(S(=O)(=O)N3CCCC3)c2)nc2ccccc2c1=O. The number of thioether (sulfide) groups is 1. The van der Waals surface area contributed by atoms with E-state index in [4.69, 9.17) is 0 Å². The Morgan fingerprint density at radius 3 is 2.65 bits per heavy atom. The van der Waals surface area contributed by atoms with Gasteiger partial charge in [0, 0.05) is 25.8 Å². The van der Waals surface area contributed by atoms with Crippen LogP contribution in [0.1, 0.15) is 12.8 Å². The van der Waals surface area contributed by atoms with Crippen molar-refractivity contribution in [2.24, 2.45) is 7.05 Å². The fourth-order valence-corrected chi connectivity index (χ4v) is 5.80. The minimum Gasteiger partial charge on any atom is -0.325 e. The summed E-state index contributed by atoms with van der Waals surface area (Å²) in [6.07, 6.45) is 1.72. The van der Waals surface area contributed by atoms with Crippen molar-refractivity contribution in [1.29, 1.82) is 0 Å². The van der Waals surface area contributed by atoms with Gasteiger partial charge in [0.2, 0.25) is 15.9 Å². The lowest BCUT2D eigenvalue weighted by molar-refractivity contribution is -0.113. The van der Waals surface area contributed by atoms with Gasteiger partial charge in [-0.2, -0.15) is 4.31 Å². The average Bonchev–Trinajstić information content (AvgIpc) is 3.31. The van der Waals surface area contributed by atoms with Crippen LogP contribution in [-0.4, -0.2) is 47.0 Å². The molecule has 0 bridgehead atoms. The molecule has 162 valence electrons. The van der Waals surface area contributed by atoms with E-state index in [0.29, 0.717) is 34.8 Å². The van der Waals surface area contributed by atoms with E-state index in [0.717, 1.165) is 24.6 Å². The molecule has 8 nitrogen and oxygen atoms in total. The monoisotopic (exact) mass is 458 g/mol. The quantitative estimate of drug-likeness (QED) is 0.450. The van der Waals surface area contributed by atoms with E-state index in [9.17, 15) is 18.0 Å². The molecule has 3 aromatic rings. The van der Waals surface area contributed by atoms with Crippen LogP contribution in [-0.2, 0) is 21.9 Å². The van der Waals surface area contributed by atoms with Gasteiger partial charge < -0.3 is 5.32 Å². The van der Waals surface area contributed by atoms with Crippen molar-refractivity contribution in [3.63, 3.8) is 0 Å². The van der Waals surface area contributed by atoms with Gasteiger partial charge in [-0.05, 0) is 43.2 Å². The topological polar surface area (TPSA) is 101 Å². The van der Waals surface area contributed by atoms with Crippen molar-refractivity contribution in [2.75, 3.05) is 24.2 Å². The van der Waals surface area contributed by atoms with Gasteiger partial charge in [0.25, 0.3) is 5.56 Å². The molecule has 1 aliphatic rings. The van der Waals surface area contributed by atoms with Crippen LogP contribution in [0.25, 0.3) is 10.9 Å². The van der Waals surface area contributed by atoms with Gasteiger partial charge in [-0.1, -0.05) is 30.0 Å². The van der Waals surface area contributed by atoms with E-state index >= 15 is 0 Å². The van der Waals surface area contributed by atoms with Crippen LogP contribution in [0.5, 0.6) is 0 Å². The van der Waals surface area contributed by atoms with Crippen molar-refractivity contribution < 1.29 is 13.2 Å². The molecule has 0 atom stereocenters. The second kappa shape index (κ2) is 8.81. The Morgan fingerprint density at radius 2 is 1.87 bits per heavy atom. The minimum absolute atomic E-state index is 0.0295. The molecule has 0 aliphatic carbocycles. The lowest BCUT2D eigenvalue weighted by atomic mass is 10.2. The maximum atomic E-state index is 12.7. The predicted molar refractivity (Wildman–Crippen MR) is 121 cm³/mol. The van der Waals surface area contributed by atoms with Crippen molar-refractivity contribution in [3.05, 3.63) is 58.9 Å². The fraction of sp³-hybridized carbons (Fsp3) is 0.286. The van der Waals surface area contributed by atoms with Crippen LogP contribution >= 0.6 is 11.8 Å². The Morgan fingerprint density at radius 1 is 1.13 bits per heavy atom. The molecule has 1 N–H and O–H groups in total. The van der Waals surface area contributed by atoms with Gasteiger partial charge in [0.05, 0.1) is 21.6 Å². The minimum atomic E-state index is -3.55. The lowest BCUT2D eigenvalue weighted by Gasteiger charge is -2.16. The number of nitrogens with one attached hydrogen (secondary N) is 1. The zero-order valence-corrected chi connectivity index (χ0v) is 18.6. The highest BCUT2D eigenvalue weighted by molar-refractivity contribution is 7.99. The summed E-state index contributed by atoms with van der Waals surface area (Å²) < 4.78 is 28.3. The number of benzene rings is 2. The maximum absolute atomic E-state index is 12.7. The third-order valence-corrected chi connectivity index (χ3v) is 8.02. The van der Waals surface area contributed by atoms with Gasteiger partial charge in [-0.3, -0.25) is 14.2 Å². The van der Waals surface area contributed by atoms with Crippen LogP contribution in [0.2, 0.25) is 0 Å². The average molecular weight is 459 g/mol. The molecule has 0 saturated carbocycles. The largest absolute Gasteiger partial charge is 0.325 e. The Kier molecular flexibility index (Phi) is 6.12. The van der Waals surface area contributed by atoms with Crippen LogP contribution in [0, 0.1) is 0 Å². The Bertz CT molecular complexity index is 1300. The number of carbonyl (C=O) groups excluding carboxylic acids is 1. The molecule has 2 heterocycles.